The summed E-state index contributed by atoms with van der Waals surface area (Å²) in [6.07, 6.45) is 8.51. The third kappa shape index (κ3) is 2.65. The molecule has 28 heavy (non-hydrogen) atoms. The number of carbonyl (C=O) groups is 2. The van der Waals surface area contributed by atoms with Gasteiger partial charge in [-0.25, -0.2) is 0 Å². The van der Waals surface area contributed by atoms with Crippen LogP contribution in [0.5, 0.6) is 5.75 Å². The molecule has 3 fully saturated rings. The molecule has 0 radical (unpaired) electrons. The van der Waals surface area contributed by atoms with Gasteiger partial charge < -0.3 is 20.3 Å². The first-order valence-corrected chi connectivity index (χ1v) is 10.3. The van der Waals surface area contributed by atoms with E-state index in [1.165, 1.54) is 0 Å². The molecule has 4 aliphatic rings. The summed E-state index contributed by atoms with van der Waals surface area (Å²) in [5, 5.41) is 6.62. The molecule has 2 saturated heterocycles. The van der Waals surface area contributed by atoms with Crippen molar-refractivity contribution in [2.24, 2.45) is 5.41 Å². The van der Waals surface area contributed by atoms with E-state index in [-0.39, 0.29) is 28.8 Å². The molecule has 0 aromatic heterocycles. The summed E-state index contributed by atoms with van der Waals surface area (Å²) in [6.45, 7) is 2.57. The quantitative estimate of drug-likeness (QED) is 0.673. The molecule has 3 aliphatic heterocycles. The first-order valence-electron chi connectivity index (χ1n) is 10.3. The number of carbonyl (C=O) groups excluding carboxylic acids is 2. The van der Waals surface area contributed by atoms with Gasteiger partial charge in [-0.2, -0.15) is 0 Å². The molecule has 1 unspecified atom stereocenters. The standard InChI is InChI=1S/C22H27N3O3/c26-19-16-6-1-2-7-17(16)28-13-4-3-9-21(14-23-15-21)20(27)25-12-11-22(24-19)10-5-8-18(22)25/h1-4,6-7,18,23H,5,8-15H2,(H,24,26)/b4-3-/t18?,22-/m1/s1. The Labute approximate surface area is 165 Å². The number of nitrogens with one attached hydrogen (secondary N) is 2. The molecule has 2 N–H and O–H groups in total. The highest BCUT2D eigenvalue weighted by Gasteiger charge is 2.56. The molecule has 1 spiro atoms. The minimum Gasteiger partial charge on any atom is -0.489 e. The highest BCUT2D eigenvalue weighted by Crippen LogP contribution is 2.44. The van der Waals surface area contributed by atoms with Crippen LogP contribution in [-0.2, 0) is 4.79 Å². The molecule has 6 heteroatoms. The van der Waals surface area contributed by atoms with E-state index >= 15 is 0 Å². The molecule has 2 atom stereocenters. The molecule has 5 rings (SSSR count). The molecular formula is C22H27N3O3. The fraction of sp³-hybridized carbons (Fsp3) is 0.545. The number of hydrogen-bond donors (Lipinski definition) is 2. The Hall–Kier alpha value is -2.34. The van der Waals surface area contributed by atoms with Gasteiger partial charge in [-0.3, -0.25) is 9.59 Å². The molecular weight excluding hydrogens is 354 g/mol. The van der Waals surface area contributed by atoms with E-state index in [0.717, 1.165) is 51.7 Å². The highest BCUT2D eigenvalue weighted by atomic mass is 16.5. The zero-order valence-electron chi connectivity index (χ0n) is 16.1. The predicted molar refractivity (Wildman–Crippen MR) is 105 cm³/mol. The van der Waals surface area contributed by atoms with Gasteiger partial charge >= 0.3 is 0 Å². The molecule has 2 bridgehead atoms. The Kier molecular flexibility index (Phi) is 4.19. The smallest absolute Gasteiger partial charge is 0.255 e. The second kappa shape index (κ2) is 6.62. The maximum absolute atomic E-state index is 13.5. The second-order valence-electron chi connectivity index (χ2n) is 8.63. The number of fused-ring (bicyclic) bond motifs is 1. The molecule has 2 amide bonds. The van der Waals surface area contributed by atoms with Crippen LogP contribution in [-0.4, -0.2) is 54.5 Å². The molecule has 148 valence electrons. The summed E-state index contributed by atoms with van der Waals surface area (Å²) in [4.78, 5) is 28.7. The largest absolute Gasteiger partial charge is 0.489 e. The van der Waals surface area contributed by atoms with Gasteiger partial charge in [0, 0.05) is 19.6 Å². The van der Waals surface area contributed by atoms with Crippen LogP contribution in [0.1, 0.15) is 42.5 Å². The van der Waals surface area contributed by atoms with E-state index in [1.54, 1.807) is 0 Å². The fourth-order valence-electron chi connectivity index (χ4n) is 5.43. The number of benzene rings is 1. The Morgan fingerprint density at radius 2 is 1.96 bits per heavy atom. The van der Waals surface area contributed by atoms with Crippen LogP contribution in [0.15, 0.2) is 36.4 Å². The lowest BCUT2D eigenvalue weighted by molar-refractivity contribution is -0.146. The van der Waals surface area contributed by atoms with Crippen LogP contribution in [0, 0.1) is 5.41 Å². The van der Waals surface area contributed by atoms with Crippen molar-refractivity contribution in [3.05, 3.63) is 42.0 Å². The van der Waals surface area contributed by atoms with Crippen molar-refractivity contribution < 1.29 is 14.3 Å². The summed E-state index contributed by atoms with van der Waals surface area (Å²) in [5.74, 6) is 0.758. The minimum absolute atomic E-state index is 0.0985. The van der Waals surface area contributed by atoms with Gasteiger partial charge in [-0.15, -0.1) is 0 Å². The third-order valence-electron chi connectivity index (χ3n) is 7.06. The van der Waals surface area contributed by atoms with Crippen LogP contribution in [0.2, 0.25) is 0 Å². The summed E-state index contributed by atoms with van der Waals surface area (Å²) >= 11 is 0. The van der Waals surface area contributed by atoms with Crippen LogP contribution >= 0.6 is 0 Å². The van der Waals surface area contributed by atoms with Gasteiger partial charge in [0.05, 0.1) is 22.6 Å². The van der Waals surface area contributed by atoms with E-state index in [4.69, 9.17) is 4.74 Å². The van der Waals surface area contributed by atoms with Crippen molar-refractivity contribution in [3.63, 3.8) is 0 Å². The second-order valence-corrected chi connectivity index (χ2v) is 8.63. The maximum Gasteiger partial charge on any atom is 0.255 e. The zero-order chi connectivity index (χ0) is 19.2. The van der Waals surface area contributed by atoms with E-state index < -0.39 is 0 Å². The number of ether oxygens (including phenoxy) is 1. The average Bonchev–Trinajstić information content (AvgIpc) is 3.20. The normalized spacial score (nSPS) is 32.6. The summed E-state index contributed by atoms with van der Waals surface area (Å²) in [5.41, 5.74) is -0.0863. The van der Waals surface area contributed by atoms with Crippen LogP contribution in [0.3, 0.4) is 0 Å². The van der Waals surface area contributed by atoms with Crippen molar-refractivity contribution in [1.82, 2.24) is 15.5 Å². The Morgan fingerprint density at radius 3 is 2.79 bits per heavy atom. The number of rotatable bonds is 0. The number of nitrogens with zero attached hydrogens (tertiary/aromatic N) is 1. The van der Waals surface area contributed by atoms with E-state index in [0.29, 0.717) is 17.9 Å². The average molecular weight is 381 g/mol. The SMILES string of the molecule is O=C1N[C@@]23CCCC2N(CC3)C(=O)C2(C/C=C\COc3ccccc31)CNC2. The van der Waals surface area contributed by atoms with Crippen molar-refractivity contribution in [3.8, 4) is 5.75 Å². The number of para-hydroxylation sites is 1. The lowest BCUT2D eigenvalue weighted by Gasteiger charge is -2.45. The monoisotopic (exact) mass is 381 g/mol. The Morgan fingerprint density at radius 1 is 1.11 bits per heavy atom. The third-order valence-corrected chi connectivity index (χ3v) is 7.06. The van der Waals surface area contributed by atoms with Crippen LogP contribution in [0.4, 0.5) is 0 Å². The van der Waals surface area contributed by atoms with Gasteiger partial charge in [0.2, 0.25) is 5.91 Å². The van der Waals surface area contributed by atoms with E-state index in [2.05, 4.69) is 21.6 Å². The molecule has 1 saturated carbocycles. The lowest BCUT2D eigenvalue weighted by Crippen LogP contribution is -2.64. The lowest BCUT2D eigenvalue weighted by atomic mass is 9.76. The molecule has 3 heterocycles. The molecule has 6 nitrogen and oxygen atoms in total. The Bertz CT molecular complexity index is 832. The number of amides is 2. The van der Waals surface area contributed by atoms with Crippen molar-refractivity contribution in [2.45, 2.75) is 43.7 Å². The topological polar surface area (TPSA) is 70.7 Å². The first kappa shape index (κ1) is 17.7. The summed E-state index contributed by atoms with van der Waals surface area (Å²) in [6, 6.07) is 7.51. The number of hydrogen-bond acceptors (Lipinski definition) is 4. The van der Waals surface area contributed by atoms with Crippen LogP contribution < -0.4 is 15.4 Å². The highest BCUT2D eigenvalue weighted by molar-refractivity contribution is 5.97. The van der Waals surface area contributed by atoms with E-state index in [9.17, 15) is 9.59 Å². The van der Waals surface area contributed by atoms with Crippen LogP contribution in [0.25, 0.3) is 0 Å². The van der Waals surface area contributed by atoms with Crippen molar-refractivity contribution in [1.29, 1.82) is 0 Å². The fourth-order valence-corrected chi connectivity index (χ4v) is 5.43. The van der Waals surface area contributed by atoms with Crippen molar-refractivity contribution >= 4 is 11.8 Å². The van der Waals surface area contributed by atoms with Gasteiger partial charge in [0.1, 0.15) is 12.4 Å². The predicted octanol–water partition coefficient (Wildman–Crippen LogP) is 1.87. The molecule has 1 aromatic rings. The summed E-state index contributed by atoms with van der Waals surface area (Å²) < 4.78 is 5.88. The number of allylic oxidation sites excluding steroid dienone is 1. The first-order chi connectivity index (χ1) is 13.6. The molecule has 1 aliphatic carbocycles. The zero-order valence-corrected chi connectivity index (χ0v) is 16.1. The van der Waals surface area contributed by atoms with E-state index in [1.807, 2.05) is 30.3 Å². The van der Waals surface area contributed by atoms with Crippen molar-refractivity contribution in [2.75, 3.05) is 26.2 Å². The van der Waals surface area contributed by atoms with Gasteiger partial charge in [0.15, 0.2) is 0 Å². The Balaban J connectivity index is 1.53. The van der Waals surface area contributed by atoms with Gasteiger partial charge in [-0.1, -0.05) is 24.3 Å². The summed E-state index contributed by atoms with van der Waals surface area (Å²) in [7, 11) is 0. The van der Waals surface area contributed by atoms with Gasteiger partial charge in [0.25, 0.3) is 5.91 Å². The molecule has 1 aromatic carbocycles. The maximum atomic E-state index is 13.5. The minimum atomic E-state index is -0.346. The van der Waals surface area contributed by atoms with Gasteiger partial charge in [-0.05, 0) is 44.2 Å².